The van der Waals surface area contributed by atoms with Crippen LogP contribution in [0.3, 0.4) is 0 Å². The highest BCUT2D eigenvalue weighted by molar-refractivity contribution is 5.89. The lowest BCUT2D eigenvalue weighted by molar-refractivity contribution is -0.139. The minimum absolute atomic E-state index is 0.492. The van der Waals surface area contributed by atoms with E-state index in [1.165, 1.54) is 0 Å². The fourth-order valence-electron chi connectivity index (χ4n) is 2.70. The Kier molecular flexibility index (Phi) is 2.85. The van der Waals surface area contributed by atoms with Gasteiger partial charge >= 0.3 is 5.97 Å². The molecule has 19 heavy (non-hydrogen) atoms. The van der Waals surface area contributed by atoms with E-state index >= 15 is 0 Å². The molecule has 3 rings (SSSR count). The number of aliphatic carboxylic acids is 1. The predicted molar refractivity (Wildman–Crippen MR) is 71.1 cm³/mol. The molecule has 6 nitrogen and oxygen atoms in total. The van der Waals surface area contributed by atoms with Gasteiger partial charge in [0.1, 0.15) is 11.6 Å². The van der Waals surface area contributed by atoms with Gasteiger partial charge < -0.3 is 14.6 Å². The number of carbonyl (C=O) groups is 1. The summed E-state index contributed by atoms with van der Waals surface area (Å²) in [6.07, 6.45) is 6.06. The SMILES string of the molecule is Cn1cnc2c(N3CCCCC3C(=O)O)nccc21. The van der Waals surface area contributed by atoms with E-state index in [2.05, 4.69) is 9.97 Å². The molecule has 0 amide bonds. The fraction of sp³-hybridized carbons (Fsp3) is 0.462. The highest BCUT2D eigenvalue weighted by Gasteiger charge is 2.30. The number of rotatable bonds is 2. The quantitative estimate of drug-likeness (QED) is 0.884. The largest absolute Gasteiger partial charge is 0.480 e. The monoisotopic (exact) mass is 260 g/mol. The van der Waals surface area contributed by atoms with Crippen LogP contribution in [-0.4, -0.2) is 38.2 Å². The Morgan fingerprint density at radius 2 is 2.26 bits per heavy atom. The number of carboxylic acid groups (broad SMARTS) is 1. The van der Waals surface area contributed by atoms with Crippen LogP contribution in [0.4, 0.5) is 5.82 Å². The van der Waals surface area contributed by atoms with Crippen LogP contribution in [0.5, 0.6) is 0 Å². The summed E-state index contributed by atoms with van der Waals surface area (Å²) in [4.78, 5) is 22.0. The van der Waals surface area contributed by atoms with Gasteiger partial charge in [-0.15, -0.1) is 0 Å². The fourth-order valence-corrected chi connectivity index (χ4v) is 2.70. The Morgan fingerprint density at radius 3 is 3.05 bits per heavy atom. The summed E-state index contributed by atoms with van der Waals surface area (Å²) in [6, 6.07) is 1.40. The van der Waals surface area contributed by atoms with E-state index in [9.17, 15) is 9.90 Å². The van der Waals surface area contributed by atoms with Crippen molar-refractivity contribution in [1.29, 1.82) is 0 Å². The zero-order valence-corrected chi connectivity index (χ0v) is 10.8. The van der Waals surface area contributed by atoms with Gasteiger partial charge in [0.05, 0.1) is 11.8 Å². The molecule has 100 valence electrons. The highest BCUT2D eigenvalue weighted by atomic mass is 16.4. The molecule has 0 radical (unpaired) electrons. The molecule has 0 spiro atoms. The minimum atomic E-state index is -0.783. The second kappa shape index (κ2) is 4.53. The number of anilines is 1. The Morgan fingerprint density at radius 1 is 1.42 bits per heavy atom. The first-order valence-corrected chi connectivity index (χ1v) is 6.44. The zero-order chi connectivity index (χ0) is 13.4. The maximum Gasteiger partial charge on any atom is 0.326 e. The van der Waals surface area contributed by atoms with Crippen LogP contribution >= 0.6 is 0 Å². The van der Waals surface area contributed by atoms with Crippen LogP contribution in [0.25, 0.3) is 11.0 Å². The van der Waals surface area contributed by atoms with Crippen LogP contribution in [0.1, 0.15) is 19.3 Å². The van der Waals surface area contributed by atoms with E-state index in [4.69, 9.17) is 0 Å². The molecule has 0 saturated carbocycles. The summed E-state index contributed by atoms with van der Waals surface area (Å²) < 4.78 is 1.92. The number of nitrogens with zero attached hydrogens (tertiary/aromatic N) is 4. The van der Waals surface area contributed by atoms with Crippen LogP contribution < -0.4 is 4.90 Å². The van der Waals surface area contributed by atoms with Gasteiger partial charge in [-0.2, -0.15) is 0 Å². The molecular weight excluding hydrogens is 244 g/mol. The second-order valence-electron chi connectivity index (χ2n) is 4.90. The summed E-state index contributed by atoms with van der Waals surface area (Å²) in [5, 5.41) is 9.35. The first-order chi connectivity index (χ1) is 9.18. The summed E-state index contributed by atoms with van der Waals surface area (Å²) in [5.74, 6) is -0.0976. The summed E-state index contributed by atoms with van der Waals surface area (Å²) in [7, 11) is 1.92. The van der Waals surface area contributed by atoms with E-state index in [1.54, 1.807) is 12.5 Å². The molecule has 0 bridgehead atoms. The zero-order valence-electron chi connectivity index (χ0n) is 10.8. The van der Waals surface area contributed by atoms with Gasteiger partial charge in [-0.25, -0.2) is 14.8 Å². The van der Waals surface area contributed by atoms with E-state index in [1.807, 2.05) is 22.6 Å². The average molecular weight is 260 g/mol. The van der Waals surface area contributed by atoms with Gasteiger partial charge in [0.2, 0.25) is 0 Å². The average Bonchev–Trinajstić information content (AvgIpc) is 2.81. The number of carboxylic acids is 1. The molecule has 0 aliphatic carbocycles. The van der Waals surface area contributed by atoms with Crippen molar-refractivity contribution >= 4 is 22.8 Å². The molecular formula is C13H16N4O2. The molecule has 1 N–H and O–H groups in total. The van der Waals surface area contributed by atoms with Crippen LogP contribution in [0, 0.1) is 0 Å². The van der Waals surface area contributed by atoms with Crippen molar-refractivity contribution in [3.8, 4) is 0 Å². The van der Waals surface area contributed by atoms with Crippen molar-refractivity contribution in [3.63, 3.8) is 0 Å². The highest BCUT2D eigenvalue weighted by Crippen LogP contribution is 2.28. The van der Waals surface area contributed by atoms with Gasteiger partial charge in [0.25, 0.3) is 0 Å². The lowest BCUT2D eigenvalue weighted by Gasteiger charge is -2.33. The van der Waals surface area contributed by atoms with Gasteiger partial charge in [-0.3, -0.25) is 0 Å². The third-order valence-electron chi connectivity index (χ3n) is 3.68. The first kappa shape index (κ1) is 12.0. The number of hydrogen-bond acceptors (Lipinski definition) is 4. The van der Waals surface area contributed by atoms with Crippen molar-refractivity contribution in [2.24, 2.45) is 7.05 Å². The van der Waals surface area contributed by atoms with E-state index in [-0.39, 0.29) is 0 Å². The van der Waals surface area contributed by atoms with E-state index in [0.29, 0.717) is 12.2 Å². The normalized spacial score (nSPS) is 19.8. The van der Waals surface area contributed by atoms with E-state index < -0.39 is 12.0 Å². The van der Waals surface area contributed by atoms with E-state index in [0.717, 1.165) is 30.4 Å². The van der Waals surface area contributed by atoms with Crippen molar-refractivity contribution in [3.05, 3.63) is 18.6 Å². The van der Waals surface area contributed by atoms with Crippen molar-refractivity contribution in [1.82, 2.24) is 14.5 Å². The lowest BCUT2D eigenvalue weighted by atomic mass is 10.0. The number of aryl methyl sites for hydroxylation is 1. The number of pyridine rings is 1. The van der Waals surface area contributed by atoms with Crippen molar-refractivity contribution in [2.75, 3.05) is 11.4 Å². The summed E-state index contributed by atoms with van der Waals surface area (Å²) in [6.45, 7) is 0.722. The number of fused-ring (bicyclic) bond motifs is 1. The number of piperidine rings is 1. The molecule has 3 heterocycles. The van der Waals surface area contributed by atoms with Crippen LogP contribution in [-0.2, 0) is 11.8 Å². The van der Waals surface area contributed by atoms with Crippen LogP contribution in [0.2, 0.25) is 0 Å². The smallest absolute Gasteiger partial charge is 0.326 e. The van der Waals surface area contributed by atoms with Gasteiger partial charge in [-0.05, 0) is 25.3 Å². The number of hydrogen-bond donors (Lipinski definition) is 1. The Labute approximate surface area is 110 Å². The molecule has 1 atom stereocenters. The third-order valence-corrected chi connectivity index (χ3v) is 3.68. The number of imidazole rings is 1. The standard InChI is InChI=1S/C13H16N4O2/c1-16-8-15-11-9(16)5-6-14-12(11)17-7-3-2-4-10(17)13(18)19/h5-6,8,10H,2-4,7H2,1H3,(H,18,19). The van der Waals surface area contributed by atoms with Gasteiger partial charge in [0, 0.05) is 19.8 Å². The molecule has 1 aliphatic rings. The molecule has 6 heteroatoms. The van der Waals surface area contributed by atoms with Crippen LogP contribution in [0.15, 0.2) is 18.6 Å². The molecule has 1 fully saturated rings. The van der Waals surface area contributed by atoms with Gasteiger partial charge in [-0.1, -0.05) is 0 Å². The topological polar surface area (TPSA) is 71.2 Å². The molecule has 1 saturated heterocycles. The van der Waals surface area contributed by atoms with Crippen molar-refractivity contribution < 1.29 is 9.90 Å². The third kappa shape index (κ3) is 1.93. The summed E-state index contributed by atoms with van der Waals surface area (Å²) >= 11 is 0. The molecule has 2 aromatic rings. The molecule has 1 unspecified atom stereocenters. The lowest BCUT2D eigenvalue weighted by Crippen LogP contribution is -2.45. The second-order valence-corrected chi connectivity index (χ2v) is 4.90. The molecule has 0 aromatic carbocycles. The van der Waals surface area contributed by atoms with Gasteiger partial charge in [0.15, 0.2) is 5.82 Å². The maximum absolute atomic E-state index is 11.4. The Bertz CT molecular complexity index is 622. The molecule has 2 aromatic heterocycles. The Hall–Kier alpha value is -2.11. The maximum atomic E-state index is 11.4. The molecule has 1 aliphatic heterocycles. The Balaban J connectivity index is 2.09. The number of aromatic nitrogens is 3. The van der Waals surface area contributed by atoms with Crippen molar-refractivity contribution in [2.45, 2.75) is 25.3 Å². The summed E-state index contributed by atoms with van der Waals surface area (Å²) in [5.41, 5.74) is 1.75. The predicted octanol–water partition coefficient (Wildman–Crippen LogP) is 1.41. The minimum Gasteiger partial charge on any atom is -0.480 e. The first-order valence-electron chi connectivity index (χ1n) is 6.44.